The summed E-state index contributed by atoms with van der Waals surface area (Å²) in [6.07, 6.45) is -0.324. The van der Waals surface area contributed by atoms with Gasteiger partial charge in [0.1, 0.15) is 0 Å². The molecule has 1 N–H and O–H groups in total. The van der Waals surface area contributed by atoms with E-state index in [1.165, 1.54) is 0 Å². The zero-order valence-electron chi connectivity index (χ0n) is 5.77. The molecule has 0 bridgehead atoms. The van der Waals surface area contributed by atoms with E-state index in [0.717, 1.165) is 0 Å². The Morgan fingerprint density at radius 2 is 1.80 bits per heavy atom. The van der Waals surface area contributed by atoms with Crippen LogP contribution in [0.15, 0.2) is 0 Å². The molecule has 6 heteroatoms. The fourth-order valence-electron chi connectivity index (χ4n) is 0.241. The Hall–Kier alpha value is 1.50. The zero-order chi connectivity index (χ0) is 8.57. The SMILES string of the molecule is COCC(C)O.[Cl][Ti]([Cl])[Cl]. The van der Waals surface area contributed by atoms with Crippen molar-refractivity contribution < 1.29 is 24.5 Å². The summed E-state index contributed by atoms with van der Waals surface area (Å²) >= 11 is -1.92. The summed E-state index contributed by atoms with van der Waals surface area (Å²) < 4.78 is 4.55. The van der Waals surface area contributed by atoms with Crippen molar-refractivity contribution in [3.63, 3.8) is 0 Å². The summed E-state index contributed by atoms with van der Waals surface area (Å²) in [5, 5.41) is 8.43. The van der Waals surface area contributed by atoms with Gasteiger partial charge in [0, 0.05) is 7.11 Å². The van der Waals surface area contributed by atoms with E-state index in [-0.39, 0.29) is 6.10 Å². The molecule has 0 rings (SSSR count). The van der Waals surface area contributed by atoms with Crippen LogP contribution in [-0.4, -0.2) is 24.9 Å². The van der Waals surface area contributed by atoms with Crippen molar-refractivity contribution in [1.29, 1.82) is 0 Å². The molecule has 0 aliphatic carbocycles. The zero-order valence-corrected chi connectivity index (χ0v) is 9.60. The van der Waals surface area contributed by atoms with Crippen LogP contribution in [0.4, 0.5) is 0 Å². The predicted octanol–water partition coefficient (Wildman–Crippen LogP) is 2.08. The van der Waals surface area contributed by atoms with Crippen molar-refractivity contribution in [2.45, 2.75) is 13.0 Å². The maximum atomic E-state index is 8.43. The van der Waals surface area contributed by atoms with Crippen molar-refractivity contribution in [1.82, 2.24) is 0 Å². The van der Waals surface area contributed by atoms with Crippen molar-refractivity contribution in [3.05, 3.63) is 0 Å². The molecule has 0 aliphatic rings. The number of halogens is 3. The van der Waals surface area contributed by atoms with Gasteiger partial charge in [0.25, 0.3) is 0 Å². The first-order chi connectivity index (χ1) is 4.50. The second-order valence-corrected chi connectivity index (χ2v) is 9.26. The first-order valence-corrected chi connectivity index (χ1v) is 8.95. The molecule has 0 fully saturated rings. The van der Waals surface area contributed by atoms with Gasteiger partial charge in [-0.1, -0.05) is 0 Å². The van der Waals surface area contributed by atoms with Gasteiger partial charge in [0.05, 0.1) is 12.7 Å². The molecule has 0 spiro atoms. The Balaban J connectivity index is 0. The van der Waals surface area contributed by atoms with Gasteiger partial charge < -0.3 is 9.84 Å². The van der Waals surface area contributed by atoms with Crippen molar-refractivity contribution in [2.24, 2.45) is 0 Å². The topological polar surface area (TPSA) is 29.5 Å². The van der Waals surface area contributed by atoms with E-state index < -0.39 is 14.7 Å². The van der Waals surface area contributed by atoms with Crippen LogP contribution in [0.25, 0.3) is 0 Å². The molecule has 10 heavy (non-hydrogen) atoms. The van der Waals surface area contributed by atoms with Crippen LogP contribution in [0, 0.1) is 0 Å². The van der Waals surface area contributed by atoms with Crippen LogP contribution in [0.2, 0.25) is 0 Å². The first kappa shape index (κ1) is 14.1. The van der Waals surface area contributed by atoms with Gasteiger partial charge in [0.2, 0.25) is 0 Å². The van der Waals surface area contributed by atoms with Crippen LogP contribution in [0.5, 0.6) is 0 Å². The average molecular weight is 244 g/mol. The third-order valence-corrected chi connectivity index (χ3v) is 0.408. The van der Waals surface area contributed by atoms with E-state index in [2.05, 4.69) is 4.74 Å². The van der Waals surface area contributed by atoms with Gasteiger partial charge in [-0.3, -0.25) is 0 Å². The summed E-state index contributed by atoms with van der Waals surface area (Å²) in [7, 11) is 16.5. The van der Waals surface area contributed by atoms with Crippen LogP contribution >= 0.6 is 27.9 Å². The predicted molar refractivity (Wildman–Crippen MR) is 41.1 cm³/mol. The molecule has 0 aromatic carbocycles. The molecule has 0 amide bonds. The number of hydrogen-bond donors (Lipinski definition) is 1. The molecule has 0 saturated carbocycles. The number of rotatable bonds is 2. The Morgan fingerprint density at radius 3 is 1.80 bits per heavy atom. The van der Waals surface area contributed by atoms with Gasteiger partial charge in [-0.05, 0) is 6.92 Å². The molecule has 1 unspecified atom stereocenters. The van der Waals surface area contributed by atoms with Crippen molar-refractivity contribution >= 4 is 27.9 Å². The molecule has 0 radical (unpaired) electrons. The van der Waals surface area contributed by atoms with Gasteiger partial charge in [0.15, 0.2) is 0 Å². The number of ether oxygens (including phenoxy) is 1. The van der Waals surface area contributed by atoms with Gasteiger partial charge >= 0.3 is 42.6 Å². The molecule has 0 aromatic heterocycles. The molecular weight excluding hydrogens is 234 g/mol. The van der Waals surface area contributed by atoms with E-state index in [4.69, 9.17) is 33.0 Å². The summed E-state index contributed by atoms with van der Waals surface area (Å²) in [6.45, 7) is 2.11. The van der Waals surface area contributed by atoms with Crippen LogP contribution in [0.1, 0.15) is 6.92 Å². The maximum absolute atomic E-state index is 8.43. The van der Waals surface area contributed by atoms with Gasteiger partial charge in [-0.2, -0.15) is 0 Å². The average Bonchev–Trinajstić information content (AvgIpc) is 1.62. The van der Waals surface area contributed by atoms with E-state index in [9.17, 15) is 0 Å². The third kappa shape index (κ3) is 33.9. The van der Waals surface area contributed by atoms with E-state index in [1.807, 2.05) is 0 Å². The minimum absolute atomic E-state index is 0.324. The molecule has 2 nitrogen and oxygen atoms in total. The fraction of sp³-hybridized carbons (Fsp3) is 1.00. The summed E-state index contributed by atoms with van der Waals surface area (Å²) in [4.78, 5) is 0. The first-order valence-electron chi connectivity index (χ1n) is 2.51. The molecule has 0 aromatic rings. The summed E-state index contributed by atoms with van der Waals surface area (Å²) in [5.74, 6) is 0. The Bertz CT molecular complexity index is 59.7. The number of aliphatic hydroxyl groups excluding tert-OH is 1. The van der Waals surface area contributed by atoms with E-state index in [0.29, 0.717) is 6.61 Å². The van der Waals surface area contributed by atoms with Crippen LogP contribution in [-0.2, 0) is 19.4 Å². The quantitative estimate of drug-likeness (QED) is 0.754. The second-order valence-electron chi connectivity index (χ2n) is 1.52. The molecule has 0 heterocycles. The van der Waals surface area contributed by atoms with Crippen molar-refractivity contribution in [2.75, 3.05) is 13.7 Å². The van der Waals surface area contributed by atoms with Gasteiger partial charge in [-0.25, -0.2) is 0 Å². The Kier molecular flexibility index (Phi) is 14.8. The number of methoxy groups -OCH3 is 1. The number of hydrogen-bond acceptors (Lipinski definition) is 2. The third-order valence-electron chi connectivity index (χ3n) is 0.408. The number of aliphatic hydroxyl groups is 1. The summed E-state index contributed by atoms with van der Waals surface area (Å²) in [6, 6.07) is 0. The van der Waals surface area contributed by atoms with Crippen LogP contribution < -0.4 is 0 Å². The summed E-state index contributed by atoms with van der Waals surface area (Å²) in [5.41, 5.74) is 0. The minimum atomic E-state index is -1.92. The van der Waals surface area contributed by atoms with Gasteiger partial charge in [-0.15, -0.1) is 0 Å². The fourth-order valence-corrected chi connectivity index (χ4v) is 0.241. The Labute approximate surface area is 78.9 Å². The normalized spacial score (nSPS) is 11.4. The molecular formula is C4H10Cl3O2Ti. The van der Waals surface area contributed by atoms with Crippen molar-refractivity contribution in [3.8, 4) is 0 Å². The molecule has 0 saturated heterocycles. The second kappa shape index (κ2) is 10.5. The Morgan fingerprint density at radius 1 is 1.50 bits per heavy atom. The van der Waals surface area contributed by atoms with Crippen LogP contribution in [0.3, 0.4) is 0 Å². The molecule has 63 valence electrons. The molecule has 1 atom stereocenters. The molecule has 0 aliphatic heterocycles. The van der Waals surface area contributed by atoms with E-state index >= 15 is 0 Å². The van der Waals surface area contributed by atoms with E-state index in [1.54, 1.807) is 14.0 Å². The standard InChI is InChI=1S/C4H10O2.3ClH.Ti/c1-4(5)3-6-2;;;;/h4-5H,3H2,1-2H3;3*1H;/q;;;;+3/p-3. The monoisotopic (exact) mass is 243 g/mol.